The molecule has 0 amide bonds. The Balaban J connectivity index is 1.58. The van der Waals surface area contributed by atoms with Crippen LogP contribution in [0.1, 0.15) is 11.1 Å². The lowest BCUT2D eigenvalue weighted by Crippen LogP contribution is -2.21. The number of H-pyrrole nitrogens is 1. The van der Waals surface area contributed by atoms with Gasteiger partial charge < -0.3 is 5.32 Å². The number of fused-ring (bicyclic) bond motifs is 1. The van der Waals surface area contributed by atoms with Gasteiger partial charge in [-0.2, -0.15) is 0 Å². The summed E-state index contributed by atoms with van der Waals surface area (Å²) >= 11 is 1.51. The van der Waals surface area contributed by atoms with Gasteiger partial charge in [-0.25, -0.2) is 9.50 Å². The van der Waals surface area contributed by atoms with Gasteiger partial charge in [0.15, 0.2) is 10.8 Å². The number of rotatable bonds is 4. The molecule has 0 spiro atoms. The Morgan fingerprint density at radius 2 is 2.12 bits per heavy atom. The van der Waals surface area contributed by atoms with Gasteiger partial charge in [-0.15, -0.1) is 21.5 Å². The van der Waals surface area contributed by atoms with Crippen molar-refractivity contribution in [1.82, 2.24) is 24.8 Å². The van der Waals surface area contributed by atoms with E-state index in [2.05, 4.69) is 25.6 Å². The predicted molar refractivity (Wildman–Crippen MR) is 93.2 cm³/mol. The SMILES string of the molecule is Cc1c(CNc2nc(-c3ccccc3)cs2)c(=O)[nH]n2cnnc12. The Morgan fingerprint density at radius 3 is 2.96 bits per heavy atom. The molecule has 0 saturated carbocycles. The lowest BCUT2D eigenvalue weighted by Gasteiger charge is -2.06. The molecule has 2 N–H and O–H groups in total. The topological polar surface area (TPSA) is 88.0 Å². The van der Waals surface area contributed by atoms with Crippen molar-refractivity contribution < 1.29 is 0 Å². The molecule has 0 atom stereocenters. The first-order chi connectivity index (χ1) is 11.7. The number of nitrogens with zero attached hydrogens (tertiary/aromatic N) is 4. The maximum Gasteiger partial charge on any atom is 0.268 e. The van der Waals surface area contributed by atoms with Crippen LogP contribution >= 0.6 is 11.3 Å². The normalized spacial score (nSPS) is 11.0. The van der Waals surface area contributed by atoms with E-state index < -0.39 is 0 Å². The molecule has 24 heavy (non-hydrogen) atoms. The van der Waals surface area contributed by atoms with Crippen LogP contribution in [0.25, 0.3) is 16.9 Å². The van der Waals surface area contributed by atoms with Gasteiger partial charge in [0.2, 0.25) is 0 Å². The van der Waals surface area contributed by atoms with Crippen molar-refractivity contribution >= 4 is 22.1 Å². The van der Waals surface area contributed by atoms with Gasteiger partial charge in [0.25, 0.3) is 5.56 Å². The van der Waals surface area contributed by atoms with E-state index in [9.17, 15) is 4.79 Å². The van der Waals surface area contributed by atoms with Gasteiger partial charge in [-0.1, -0.05) is 30.3 Å². The zero-order chi connectivity index (χ0) is 16.5. The van der Waals surface area contributed by atoms with E-state index in [1.165, 1.54) is 22.2 Å². The summed E-state index contributed by atoms with van der Waals surface area (Å²) in [6, 6.07) is 9.99. The summed E-state index contributed by atoms with van der Waals surface area (Å²) in [5.41, 5.74) is 3.92. The van der Waals surface area contributed by atoms with Crippen molar-refractivity contribution in [3.8, 4) is 11.3 Å². The number of hydrogen-bond donors (Lipinski definition) is 2. The number of benzene rings is 1. The Bertz CT molecular complexity index is 1050. The van der Waals surface area contributed by atoms with Crippen LogP contribution in [-0.4, -0.2) is 24.8 Å². The second kappa shape index (κ2) is 5.89. The second-order valence-electron chi connectivity index (χ2n) is 5.33. The third-order valence-corrected chi connectivity index (χ3v) is 4.62. The second-order valence-corrected chi connectivity index (χ2v) is 6.18. The van der Waals surface area contributed by atoms with E-state index in [0.717, 1.165) is 22.0 Å². The maximum atomic E-state index is 12.2. The summed E-state index contributed by atoms with van der Waals surface area (Å²) in [5, 5.41) is 16.5. The van der Waals surface area contributed by atoms with Crippen molar-refractivity contribution in [3.05, 3.63) is 63.5 Å². The molecule has 120 valence electrons. The summed E-state index contributed by atoms with van der Waals surface area (Å²) < 4.78 is 1.53. The fraction of sp³-hybridized carbons (Fsp3) is 0.125. The molecule has 0 aliphatic carbocycles. The molecule has 0 unspecified atom stereocenters. The highest BCUT2D eigenvalue weighted by atomic mass is 32.1. The minimum Gasteiger partial charge on any atom is -0.357 e. The van der Waals surface area contributed by atoms with Gasteiger partial charge in [0.05, 0.1) is 5.69 Å². The highest BCUT2D eigenvalue weighted by molar-refractivity contribution is 7.14. The highest BCUT2D eigenvalue weighted by Gasteiger charge is 2.11. The largest absolute Gasteiger partial charge is 0.357 e. The van der Waals surface area contributed by atoms with Crippen LogP contribution in [0.2, 0.25) is 0 Å². The van der Waals surface area contributed by atoms with E-state index in [0.29, 0.717) is 17.8 Å². The molecule has 4 rings (SSSR count). The van der Waals surface area contributed by atoms with Crippen molar-refractivity contribution in [1.29, 1.82) is 0 Å². The summed E-state index contributed by atoms with van der Waals surface area (Å²) in [5.74, 6) is 0. The first kappa shape index (κ1) is 14.6. The zero-order valence-electron chi connectivity index (χ0n) is 12.9. The zero-order valence-corrected chi connectivity index (χ0v) is 13.7. The number of nitrogens with one attached hydrogen (secondary N) is 2. The number of aromatic nitrogens is 5. The van der Waals surface area contributed by atoms with Gasteiger partial charge in [0, 0.05) is 28.6 Å². The van der Waals surface area contributed by atoms with Crippen molar-refractivity contribution in [2.45, 2.75) is 13.5 Å². The quantitative estimate of drug-likeness (QED) is 0.597. The Morgan fingerprint density at radius 1 is 1.29 bits per heavy atom. The molecule has 0 radical (unpaired) electrons. The molecule has 0 aliphatic rings. The first-order valence-electron chi connectivity index (χ1n) is 7.38. The lowest BCUT2D eigenvalue weighted by molar-refractivity contribution is 0.863. The molecule has 1 aromatic carbocycles. The third-order valence-electron chi connectivity index (χ3n) is 3.82. The molecule has 0 aliphatic heterocycles. The monoisotopic (exact) mass is 338 g/mol. The average molecular weight is 338 g/mol. The molecule has 8 heteroatoms. The van der Waals surface area contributed by atoms with E-state index in [1.54, 1.807) is 0 Å². The molecular weight excluding hydrogens is 324 g/mol. The van der Waals surface area contributed by atoms with Gasteiger partial charge >= 0.3 is 0 Å². The Hall–Kier alpha value is -3.00. The molecule has 3 aromatic heterocycles. The molecular formula is C16H14N6OS. The van der Waals surface area contributed by atoms with Crippen LogP contribution < -0.4 is 10.9 Å². The van der Waals surface area contributed by atoms with Crippen LogP contribution in [-0.2, 0) is 6.54 Å². The number of anilines is 1. The van der Waals surface area contributed by atoms with Crippen LogP contribution in [0.4, 0.5) is 5.13 Å². The number of hydrogen-bond acceptors (Lipinski definition) is 6. The third kappa shape index (κ3) is 2.56. The number of thiazole rings is 1. The Labute approximate surface area is 141 Å². The fourth-order valence-corrected chi connectivity index (χ4v) is 3.25. The predicted octanol–water partition coefficient (Wildman–Crippen LogP) is 2.46. The van der Waals surface area contributed by atoms with Gasteiger partial charge in [0.1, 0.15) is 6.33 Å². The minimum atomic E-state index is -0.160. The molecule has 4 aromatic rings. The van der Waals surface area contributed by atoms with Crippen molar-refractivity contribution in [2.24, 2.45) is 0 Å². The van der Waals surface area contributed by atoms with Crippen LogP contribution in [0.5, 0.6) is 0 Å². The summed E-state index contributed by atoms with van der Waals surface area (Å²) in [7, 11) is 0. The minimum absolute atomic E-state index is 0.160. The standard InChI is InChI=1S/C16H14N6OS/c1-10-12(15(23)21-22-9-18-20-14(10)22)7-17-16-19-13(8-24-16)11-5-3-2-4-6-11/h2-6,8-9H,7H2,1H3,(H,17,19)(H,21,23). The van der Waals surface area contributed by atoms with Crippen molar-refractivity contribution in [3.63, 3.8) is 0 Å². The van der Waals surface area contributed by atoms with E-state index in [-0.39, 0.29) is 5.56 Å². The molecule has 0 bridgehead atoms. The lowest BCUT2D eigenvalue weighted by atomic mass is 10.2. The van der Waals surface area contributed by atoms with E-state index >= 15 is 0 Å². The molecule has 3 heterocycles. The number of aryl methyl sites for hydroxylation is 1. The van der Waals surface area contributed by atoms with E-state index in [4.69, 9.17) is 0 Å². The Kier molecular flexibility index (Phi) is 3.58. The summed E-state index contributed by atoms with van der Waals surface area (Å²) in [6.07, 6.45) is 1.48. The van der Waals surface area contributed by atoms with Gasteiger partial charge in [-0.05, 0) is 6.92 Å². The maximum absolute atomic E-state index is 12.2. The summed E-state index contributed by atoms with van der Waals surface area (Å²) in [4.78, 5) is 16.8. The van der Waals surface area contributed by atoms with Crippen LogP contribution in [0.3, 0.4) is 0 Å². The van der Waals surface area contributed by atoms with Crippen LogP contribution in [0, 0.1) is 6.92 Å². The molecule has 0 fully saturated rings. The molecule has 7 nitrogen and oxygen atoms in total. The highest BCUT2D eigenvalue weighted by Crippen LogP contribution is 2.25. The number of aromatic amines is 1. The van der Waals surface area contributed by atoms with Gasteiger partial charge in [-0.3, -0.25) is 9.89 Å². The first-order valence-corrected chi connectivity index (χ1v) is 8.26. The summed E-state index contributed by atoms with van der Waals surface area (Å²) in [6.45, 7) is 2.25. The van der Waals surface area contributed by atoms with E-state index in [1.807, 2.05) is 42.6 Å². The van der Waals surface area contributed by atoms with Crippen molar-refractivity contribution in [2.75, 3.05) is 5.32 Å². The molecule has 0 saturated heterocycles. The fourth-order valence-electron chi connectivity index (χ4n) is 2.53. The average Bonchev–Trinajstić information content (AvgIpc) is 3.25. The van der Waals surface area contributed by atoms with Crippen LogP contribution in [0.15, 0.2) is 46.8 Å². The smallest absolute Gasteiger partial charge is 0.268 e.